The van der Waals surface area contributed by atoms with Crippen molar-refractivity contribution in [2.75, 3.05) is 0 Å². The van der Waals surface area contributed by atoms with Gasteiger partial charge in [0, 0.05) is 12.5 Å². The van der Waals surface area contributed by atoms with Gasteiger partial charge < -0.3 is 5.73 Å². The predicted molar refractivity (Wildman–Crippen MR) is 59.3 cm³/mol. The van der Waals surface area contributed by atoms with Crippen molar-refractivity contribution in [2.45, 2.75) is 59.4 Å². The third-order valence-electron chi connectivity index (χ3n) is 2.36. The molecular formula is C12H23N. The van der Waals surface area contributed by atoms with Crippen molar-refractivity contribution >= 4 is 0 Å². The van der Waals surface area contributed by atoms with Crippen LogP contribution in [0, 0.1) is 17.3 Å². The highest BCUT2D eigenvalue weighted by molar-refractivity contribution is 4.94. The molecular weight excluding hydrogens is 158 g/mol. The lowest BCUT2D eigenvalue weighted by atomic mass is 9.84. The highest BCUT2D eigenvalue weighted by Gasteiger charge is 2.19. The second-order valence-corrected chi connectivity index (χ2v) is 4.65. The average Bonchev–Trinajstić information content (AvgIpc) is 2.02. The molecule has 2 N–H and O–H groups in total. The van der Waals surface area contributed by atoms with Crippen molar-refractivity contribution in [1.29, 1.82) is 0 Å². The first kappa shape index (κ1) is 12.5. The molecule has 0 aromatic heterocycles. The Bertz CT molecular complexity index is 178. The largest absolute Gasteiger partial charge is 0.327 e. The quantitative estimate of drug-likeness (QED) is 0.524. The fourth-order valence-electron chi connectivity index (χ4n) is 1.14. The smallest absolute Gasteiger partial charge is 0.00885 e. The molecule has 0 saturated heterocycles. The van der Waals surface area contributed by atoms with E-state index in [1.165, 1.54) is 12.8 Å². The van der Waals surface area contributed by atoms with Crippen molar-refractivity contribution in [3.8, 4) is 11.8 Å². The van der Waals surface area contributed by atoms with Gasteiger partial charge in [0.25, 0.3) is 0 Å². The van der Waals surface area contributed by atoms with E-state index in [-0.39, 0.29) is 5.41 Å². The van der Waals surface area contributed by atoms with Gasteiger partial charge in [0.15, 0.2) is 0 Å². The summed E-state index contributed by atoms with van der Waals surface area (Å²) in [6, 6.07) is 0.321. The van der Waals surface area contributed by atoms with E-state index in [0.717, 1.165) is 12.8 Å². The third kappa shape index (κ3) is 6.66. The molecule has 0 aliphatic heterocycles. The van der Waals surface area contributed by atoms with Crippen LogP contribution >= 0.6 is 0 Å². The third-order valence-corrected chi connectivity index (χ3v) is 2.36. The van der Waals surface area contributed by atoms with Crippen LogP contribution in [-0.4, -0.2) is 6.04 Å². The zero-order valence-corrected chi connectivity index (χ0v) is 9.48. The molecule has 76 valence electrons. The lowest BCUT2D eigenvalue weighted by molar-refractivity contribution is 0.300. The van der Waals surface area contributed by atoms with Gasteiger partial charge >= 0.3 is 0 Å². The highest BCUT2D eigenvalue weighted by atomic mass is 14.7. The van der Waals surface area contributed by atoms with Gasteiger partial charge in [-0.05, 0) is 25.2 Å². The molecule has 0 saturated carbocycles. The van der Waals surface area contributed by atoms with E-state index in [9.17, 15) is 0 Å². The van der Waals surface area contributed by atoms with E-state index < -0.39 is 0 Å². The van der Waals surface area contributed by atoms with Gasteiger partial charge in [-0.1, -0.05) is 27.2 Å². The molecule has 0 aromatic carbocycles. The highest BCUT2D eigenvalue weighted by Crippen LogP contribution is 2.21. The molecule has 0 spiro atoms. The zero-order valence-electron chi connectivity index (χ0n) is 9.48. The van der Waals surface area contributed by atoms with E-state index >= 15 is 0 Å². The maximum Gasteiger partial charge on any atom is 0.00885 e. The molecule has 0 rings (SSSR count). The van der Waals surface area contributed by atoms with Crippen LogP contribution in [0.3, 0.4) is 0 Å². The number of rotatable bonds is 4. The molecule has 13 heavy (non-hydrogen) atoms. The summed E-state index contributed by atoms with van der Waals surface area (Å²) < 4.78 is 0. The summed E-state index contributed by atoms with van der Waals surface area (Å²) >= 11 is 0. The van der Waals surface area contributed by atoms with Crippen LogP contribution in [0.25, 0.3) is 0 Å². The van der Waals surface area contributed by atoms with E-state index in [0.29, 0.717) is 6.04 Å². The first-order valence-corrected chi connectivity index (χ1v) is 5.13. The van der Waals surface area contributed by atoms with Crippen molar-refractivity contribution < 1.29 is 0 Å². The summed E-state index contributed by atoms with van der Waals surface area (Å²) in [6.07, 6.45) is 4.53. The second-order valence-electron chi connectivity index (χ2n) is 4.65. The molecule has 1 atom stereocenters. The second kappa shape index (κ2) is 6.05. The minimum absolute atomic E-state index is 0.246. The normalized spacial score (nSPS) is 13.3. The maximum atomic E-state index is 6.03. The van der Waals surface area contributed by atoms with Crippen LogP contribution in [0.4, 0.5) is 0 Å². The van der Waals surface area contributed by atoms with Crippen molar-refractivity contribution in [3.63, 3.8) is 0 Å². The molecule has 0 aliphatic carbocycles. The number of hydrogen-bond acceptors (Lipinski definition) is 1. The monoisotopic (exact) mass is 181 g/mol. The lowest BCUT2D eigenvalue weighted by Gasteiger charge is -2.26. The Hall–Kier alpha value is -0.480. The fraction of sp³-hybridized carbons (Fsp3) is 0.833. The number of nitrogens with two attached hydrogens (primary N) is 1. The van der Waals surface area contributed by atoms with Gasteiger partial charge in [0.05, 0.1) is 0 Å². The molecule has 1 nitrogen and oxygen atoms in total. The summed E-state index contributed by atoms with van der Waals surface area (Å²) in [5.41, 5.74) is 6.28. The molecule has 0 fully saturated rings. The van der Waals surface area contributed by atoms with Crippen LogP contribution in [0.15, 0.2) is 0 Å². The first-order valence-electron chi connectivity index (χ1n) is 5.13. The minimum Gasteiger partial charge on any atom is -0.327 e. The average molecular weight is 181 g/mol. The topological polar surface area (TPSA) is 26.0 Å². The van der Waals surface area contributed by atoms with Crippen molar-refractivity contribution in [1.82, 2.24) is 0 Å². The van der Waals surface area contributed by atoms with E-state index in [4.69, 9.17) is 5.73 Å². The number of hydrogen-bond donors (Lipinski definition) is 1. The predicted octanol–water partition coefficient (Wildman–Crippen LogP) is 2.94. The lowest BCUT2D eigenvalue weighted by Crippen LogP contribution is -2.34. The van der Waals surface area contributed by atoms with Gasteiger partial charge in [0.1, 0.15) is 0 Å². The Kier molecular flexibility index (Phi) is 5.82. The first-order chi connectivity index (χ1) is 5.98. The Labute approximate surface area is 83.1 Å². The molecule has 1 unspecified atom stereocenters. The molecule has 0 heterocycles. The summed E-state index contributed by atoms with van der Waals surface area (Å²) in [4.78, 5) is 0. The van der Waals surface area contributed by atoms with Gasteiger partial charge in [-0.2, -0.15) is 0 Å². The van der Waals surface area contributed by atoms with Crippen LogP contribution < -0.4 is 5.73 Å². The van der Waals surface area contributed by atoms with Gasteiger partial charge in [-0.3, -0.25) is 0 Å². The van der Waals surface area contributed by atoms with Gasteiger partial charge in [0.2, 0.25) is 0 Å². The molecule has 0 radical (unpaired) electrons. The summed E-state index contributed by atoms with van der Waals surface area (Å²) in [5, 5.41) is 0. The minimum atomic E-state index is 0.246. The molecule has 0 amide bonds. The van der Waals surface area contributed by atoms with E-state index in [2.05, 4.69) is 32.6 Å². The molecule has 0 aliphatic rings. The Balaban J connectivity index is 3.46. The number of unbranched alkanes of at least 4 members (excludes halogenated alkanes) is 2. The molecule has 0 aromatic rings. The SMILES string of the molecule is CC#CCCCCC(N)C(C)(C)C. The summed E-state index contributed by atoms with van der Waals surface area (Å²) in [5.74, 6) is 5.97. The maximum absolute atomic E-state index is 6.03. The fourth-order valence-corrected chi connectivity index (χ4v) is 1.14. The van der Waals surface area contributed by atoms with Crippen LogP contribution in [0.2, 0.25) is 0 Å². The summed E-state index contributed by atoms with van der Waals surface area (Å²) in [7, 11) is 0. The Morgan fingerprint density at radius 2 is 1.85 bits per heavy atom. The summed E-state index contributed by atoms with van der Waals surface area (Å²) in [6.45, 7) is 8.48. The van der Waals surface area contributed by atoms with E-state index in [1.54, 1.807) is 0 Å². The van der Waals surface area contributed by atoms with Crippen LogP contribution in [0.1, 0.15) is 53.4 Å². The van der Waals surface area contributed by atoms with Crippen molar-refractivity contribution in [3.05, 3.63) is 0 Å². The van der Waals surface area contributed by atoms with Crippen LogP contribution in [0.5, 0.6) is 0 Å². The zero-order chi connectivity index (χ0) is 10.3. The Morgan fingerprint density at radius 1 is 1.23 bits per heavy atom. The van der Waals surface area contributed by atoms with E-state index in [1.807, 2.05) is 6.92 Å². The van der Waals surface area contributed by atoms with Gasteiger partial charge in [-0.25, -0.2) is 0 Å². The van der Waals surface area contributed by atoms with Crippen molar-refractivity contribution in [2.24, 2.45) is 11.1 Å². The van der Waals surface area contributed by atoms with Gasteiger partial charge in [-0.15, -0.1) is 11.8 Å². The molecule has 0 bridgehead atoms. The standard InChI is InChI=1S/C12H23N/c1-5-6-7-8-9-10-11(13)12(2,3)4/h11H,7-10,13H2,1-4H3. The molecule has 1 heteroatoms. The Morgan fingerprint density at radius 3 is 2.31 bits per heavy atom. The van der Waals surface area contributed by atoms with Crippen LogP contribution in [-0.2, 0) is 0 Å².